The zero-order chi connectivity index (χ0) is 9.23. The van der Waals surface area contributed by atoms with Crippen LogP contribution < -0.4 is 10.6 Å². The van der Waals surface area contributed by atoms with Crippen molar-refractivity contribution in [2.24, 2.45) is 0 Å². The fourth-order valence-electron chi connectivity index (χ4n) is 1.16. The maximum Gasteiger partial charge on any atom is 0.0164 e. The van der Waals surface area contributed by atoms with Gasteiger partial charge >= 0.3 is 0 Å². The van der Waals surface area contributed by atoms with Crippen LogP contribution in [0.4, 0.5) is 0 Å². The third kappa shape index (κ3) is 8.02. The molecule has 0 aromatic rings. The first-order valence-electron chi connectivity index (χ1n) is 5.25. The lowest BCUT2D eigenvalue weighted by molar-refractivity contribution is 0.495. The van der Waals surface area contributed by atoms with Crippen LogP contribution >= 0.6 is 0 Å². The molecule has 0 fully saturated rings. The molecule has 1 unspecified atom stereocenters. The van der Waals surface area contributed by atoms with Gasteiger partial charge < -0.3 is 10.6 Å². The molecule has 74 valence electrons. The van der Waals surface area contributed by atoms with Crippen LogP contribution in [0.2, 0.25) is 0 Å². The monoisotopic (exact) mass is 172 g/mol. The maximum atomic E-state index is 3.49. The summed E-state index contributed by atoms with van der Waals surface area (Å²) in [5.74, 6) is 0. The minimum atomic E-state index is 0.613. The molecule has 2 nitrogen and oxygen atoms in total. The first-order valence-corrected chi connectivity index (χ1v) is 5.25. The van der Waals surface area contributed by atoms with Gasteiger partial charge in [-0.2, -0.15) is 0 Å². The van der Waals surface area contributed by atoms with Gasteiger partial charge in [-0.3, -0.25) is 0 Å². The van der Waals surface area contributed by atoms with E-state index in [1.807, 2.05) is 0 Å². The minimum Gasteiger partial charge on any atom is -0.315 e. The number of hydrogen-bond donors (Lipinski definition) is 2. The fraction of sp³-hybridized carbons (Fsp3) is 1.00. The highest BCUT2D eigenvalue weighted by atomic mass is 15.0. The van der Waals surface area contributed by atoms with E-state index in [-0.39, 0.29) is 0 Å². The van der Waals surface area contributed by atoms with Gasteiger partial charge in [-0.15, -0.1) is 0 Å². The Morgan fingerprint density at radius 2 is 1.92 bits per heavy atom. The van der Waals surface area contributed by atoms with Crippen molar-refractivity contribution in [2.75, 3.05) is 19.6 Å². The second-order valence-corrected chi connectivity index (χ2v) is 3.37. The van der Waals surface area contributed by atoms with Crippen molar-refractivity contribution in [3.8, 4) is 0 Å². The molecule has 0 saturated heterocycles. The van der Waals surface area contributed by atoms with Gasteiger partial charge in [0, 0.05) is 12.6 Å². The molecular formula is C10H24N2. The van der Waals surface area contributed by atoms with Gasteiger partial charge in [0.2, 0.25) is 0 Å². The highest BCUT2D eigenvalue weighted by molar-refractivity contribution is 4.62. The molecule has 0 aliphatic rings. The van der Waals surface area contributed by atoms with Crippen LogP contribution in [0, 0.1) is 0 Å². The zero-order valence-electron chi connectivity index (χ0n) is 8.82. The molecule has 0 heterocycles. The van der Waals surface area contributed by atoms with Crippen molar-refractivity contribution in [1.29, 1.82) is 0 Å². The second-order valence-electron chi connectivity index (χ2n) is 3.37. The van der Waals surface area contributed by atoms with Gasteiger partial charge in [0.05, 0.1) is 0 Å². The predicted octanol–water partition coefficient (Wildman–Crippen LogP) is 1.76. The third-order valence-electron chi connectivity index (χ3n) is 1.97. The average Bonchev–Trinajstić information content (AvgIpc) is 2.09. The Bertz CT molecular complexity index is 83.9. The zero-order valence-corrected chi connectivity index (χ0v) is 8.82. The SMILES string of the molecule is CCCCCNC(C)CNCC. The van der Waals surface area contributed by atoms with E-state index in [4.69, 9.17) is 0 Å². The van der Waals surface area contributed by atoms with Crippen molar-refractivity contribution in [1.82, 2.24) is 10.6 Å². The molecule has 0 aromatic heterocycles. The summed E-state index contributed by atoms with van der Waals surface area (Å²) in [5.41, 5.74) is 0. The van der Waals surface area contributed by atoms with Crippen molar-refractivity contribution < 1.29 is 0 Å². The van der Waals surface area contributed by atoms with Crippen molar-refractivity contribution in [2.45, 2.75) is 46.1 Å². The third-order valence-corrected chi connectivity index (χ3v) is 1.97. The van der Waals surface area contributed by atoms with E-state index in [0.29, 0.717) is 6.04 Å². The molecule has 2 N–H and O–H groups in total. The quantitative estimate of drug-likeness (QED) is 0.545. The topological polar surface area (TPSA) is 24.1 Å². The van der Waals surface area contributed by atoms with Gasteiger partial charge in [0.25, 0.3) is 0 Å². The molecule has 0 aliphatic heterocycles. The van der Waals surface area contributed by atoms with Crippen molar-refractivity contribution in [3.63, 3.8) is 0 Å². The first kappa shape index (κ1) is 11.9. The van der Waals surface area contributed by atoms with Crippen molar-refractivity contribution in [3.05, 3.63) is 0 Å². The number of unbranched alkanes of at least 4 members (excludes halogenated alkanes) is 2. The van der Waals surface area contributed by atoms with E-state index in [0.717, 1.165) is 13.1 Å². The van der Waals surface area contributed by atoms with E-state index in [9.17, 15) is 0 Å². The predicted molar refractivity (Wildman–Crippen MR) is 55.5 cm³/mol. The second kappa shape index (κ2) is 9.01. The Morgan fingerprint density at radius 3 is 2.50 bits per heavy atom. The minimum absolute atomic E-state index is 0.613. The molecule has 0 radical (unpaired) electrons. The molecule has 0 spiro atoms. The standard InChI is InChI=1S/C10H24N2/c1-4-6-7-8-12-10(3)9-11-5-2/h10-12H,4-9H2,1-3H3. The summed E-state index contributed by atoms with van der Waals surface area (Å²) in [7, 11) is 0. The van der Waals surface area contributed by atoms with E-state index < -0.39 is 0 Å². The average molecular weight is 172 g/mol. The Morgan fingerprint density at radius 1 is 1.17 bits per heavy atom. The lowest BCUT2D eigenvalue weighted by atomic mass is 10.2. The Hall–Kier alpha value is -0.0800. The normalized spacial score (nSPS) is 13.2. The smallest absolute Gasteiger partial charge is 0.0164 e. The number of rotatable bonds is 8. The van der Waals surface area contributed by atoms with Gasteiger partial charge in [-0.1, -0.05) is 26.7 Å². The Kier molecular flexibility index (Phi) is 8.95. The Labute approximate surface area is 77.1 Å². The molecule has 0 aromatic carbocycles. The van der Waals surface area contributed by atoms with E-state index in [2.05, 4.69) is 31.4 Å². The summed E-state index contributed by atoms with van der Waals surface area (Å²) in [6.07, 6.45) is 3.97. The fourth-order valence-corrected chi connectivity index (χ4v) is 1.16. The lowest BCUT2D eigenvalue weighted by Gasteiger charge is -2.13. The molecule has 0 saturated carbocycles. The summed E-state index contributed by atoms with van der Waals surface area (Å²) in [6, 6.07) is 0.613. The molecular weight excluding hydrogens is 148 g/mol. The van der Waals surface area contributed by atoms with E-state index in [1.54, 1.807) is 0 Å². The number of nitrogens with one attached hydrogen (secondary N) is 2. The van der Waals surface area contributed by atoms with Crippen LogP contribution in [0.25, 0.3) is 0 Å². The summed E-state index contributed by atoms with van der Waals surface area (Å²) in [4.78, 5) is 0. The Balaban J connectivity index is 3.02. The number of hydrogen-bond acceptors (Lipinski definition) is 2. The van der Waals surface area contributed by atoms with Gasteiger partial charge in [-0.05, 0) is 26.4 Å². The van der Waals surface area contributed by atoms with Crippen LogP contribution in [0.15, 0.2) is 0 Å². The summed E-state index contributed by atoms with van der Waals surface area (Å²) in [5, 5.41) is 6.82. The molecule has 0 amide bonds. The van der Waals surface area contributed by atoms with Crippen LogP contribution in [0.5, 0.6) is 0 Å². The molecule has 12 heavy (non-hydrogen) atoms. The summed E-state index contributed by atoms with van der Waals surface area (Å²) >= 11 is 0. The molecule has 2 heteroatoms. The number of likely N-dealkylation sites (N-methyl/N-ethyl adjacent to an activating group) is 1. The molecule has 0 rings (SSSR count). The van der Waals surface area contributed by atoms with E-state index >= 15 is 0 Å². The molecule has 0 aliphatic carbocycles. The van der Waals surface area contributed by atoms with Gasteiger partial charge in [0.1, 0.15) is 0 Å². The van der Waals surface area contributed by atoms with Crippen molar-refractivity contribution >= 4 is 0 Å². The van der Waals surface area contributed by atoms with Crippen LogP contribution in [0.1, 0.15) is 40.0 Å². The lowest BCUT2D eigenvalue weighted by Crippen LogP contribution is -2.36. The van der Waals surface area contributed by atoms with Gasteiger partial charge in [0.15, 0.2) is 0 Å². The largest absolute Gasteiger partial charge is 0.315 e. The van der Waals surface area contributed by atoms with Crippen LogP contribution in [-0.2, 0) is 0 Å². The highest BCUT2D eigenvalue weighted by Crippen LogP contribution is 1.91. The van der Waals surface area contributed by atoms with E-state index in [1.165, 1.54) is 25.8 Å². The van der Waals surface area contributed by atoms with Crippen LogP contribution in [0.3, 0.4) is 0 Å². The molecule has 1 atom stereocenters. The highest BCUT2D eigenvalue weighted by Gasteiger charge is 1.97. The first-order chi connectivity index (χ1) is 5.81. The molecule has 0 bridgehead atoms. The van der Waals surface area contributed by atoms with Gasteiger partial charge in [-0.25, -0.2) is 0 Å². The summed E-state index contributed by atoms with van der Waals surface area (Å²) < 4.78 is 0. The maximum absolute atomic E-state index is 3.49. The van der Waals surface area contributed by atoms with Crippen LogP contribution in [-0.4, -0.2) is 25.7 Å². The summed E-state index contributed by atoms with van der Waals surface area (Å²) in [6.45, 7) is 9.94.